The van der Waals surface area contributed by atoms with Crippen molar-refractivity contribution in [3.05, 3.63) is 53.7 Å². The van der Waals surface area contributed by atoms with Gasteiger partial charge in [0.2, 0.25) is 5.95 Å². The molecule has 0 unspecified atom stereocenters. The number of nitrogens with one attached hydrogen (secondary N) is 1. The minimum Gasteiger partial charge on any atom is -0.378 e. The Balaban J connectivity index is 1.61. The van der Waals surface area contributed by atoms with Crippen LogP contribution < -0.4 is 10.2 Å². The Morgan fingerprint density at radius 2 is 2.00 bits per heavy atom. The number of nitrogens with zero attached hydrogens (tertiary/aromatic N) is 4. The fraction of sp³-hybridized carbons (Fsp3) is 0.304. The van der Waals surface area contributed by atoms with Gasteiger partial charge in [0.25, 0.3) is 0 Å². The second kappa shape index (κ2) is 8.48. The summed E-state index contributed by atoms with van der Waals surface area (Å²) in [6, 6.07) is 12.2. The van der Waals surface area contributed by atoms with Crippen LogP contribution in [0.25, 0.3) is 10.9 Å². The van der Waals surface area contributed by atoms with Gasteiger partial charge >= 0.3 is 0 Å². The summed E-state index contributed by atoms with van der Waals surface area (Å²) in [5.41, 5.74) is 5.18. The minimum absolute atomic E-state index is 0.570. The zero-order valence-electron chi connectivity index (χ0n) is 16.9. The summed E-state index contributed by atoms with van der Waals surface area (Å²) in [5, 5.41) is 4.28. The lowest BCUT2D eigenvalue weighted by Gasteiger charge is -2.31. The molecule has 0 radical (unpaired) electrons. The van der Waals surface area contributed by atoms with E-state index in [4.69, 9.17) is 11.2 Å². The first kappa shape index (κ1) is 19.2. The van der Waals surface area contributed by atoms with Crippen LogP contribution in [0.3, 0.4) is 0 Å². The highest BCUT2D eigenvalue weighted by molar-refractivity contribution is 5.80. The van der Waals surface area contributed by atoms with E-state index >= 15 is 0 Å². The van der Waals surface area contributed by atoms with Crippen molar-refractivity contribution in [1.29, 1.82) is 0 Å². The molecule has 1 fully saturated rings. The normalized spacial score (nSPS) is 14.2. The topological polar surface area (TPSA) is 53.5 Å². The minimum atomic E-state index is 0.570. The molecule has 0 spiro atoms. The molecule has 4 rings (SSSR count). The number of hydrogen-bond acceptors (Lipinski definition) is 6. The zero-order valence-corrected chi connectivity index (χ0v) is 16.9. The molecule has 0 atom stereocenters. The van der Waals surface area contributed by atoms with Gasteiger partial charge in [-0.1, -0.05) is 5.92 Å². The van der Waals surface area contributed by atoms with Crippen LogP contribution in [0.2, 0.25) is 0 Å². The molecule has 1 aromatic heterocycles. The Labute approximate surface area is 171 Å². The van der Waals surface area contributed by atoms with E-state index in [1.54, 1.807) is 6.20 Å². The first-order chi connectivity index (χ1) is 14.1. The summed E-state index contributed by atoms with van der Waals surface area (Å²) in [6.07, 6.45) is 7.27. The van der Waals surface area contributed by atoms with Crippen LogP contribution in [0.4, 0.5) is 17.3 Å². The Morgan fingerprint density at radius 3 is 2.76 bits per heavy atom. The molecule has 0 aliphatic carbocycles. The number of benzene rings is 2. The Hall–Kier alpha value is -3.14. The van der Waals surface area contributed by atoms with Crippen molar-refractivity contribution >= 4 is 28.2 Å². The van der Waals surface area contributed by atoms with Gasteiger partial charge in [0, 0.05) is 48.2 Å². The first-order valence-corrected chi connectivity index (χ1v) is 9.73. The lowest BCUT2D eigenvalue weighted by molar-refractivity contribution is 0.122. The lowest BCUT2D eigenvalue weighted by atomic mass is 10.1. The van der Waals surface area contributed by atoms with Crippen molar-refractivity contribution in [2.45, 2.75) is 6.54 Å². The molecule has 0 bridgehead atoms. The molecule has 1 aliphatic heterocycles. The number of anilines is 3. The van der Waals surface area contributed by atoms with Crippen LogP contribution in [-0.4, -0.2) is 55.3 Å². The van der Waals surface area contributed by atoms with E-state index in [1.165, 1.54) is 11.3 Å². The average Bonchev–Trinajstić information content (AvgIpc) is 2.74. The summed E-state index contributed by atoms with van der Waals surface area (Å²) >= 11 is 0. The largest absolute Gasteiger partial charge is 0.378 e. The molecular weight excluding hydrogens is 362 g/mol. The van der Waals surface area contributed by atoms with Gasteiger partial charge in [-0.3, -0.25) is 0 Å². The quantitative estimate of drug-likeness (QED) is 0.679. The van der Waals surface area contributed by atoms with Crippen molar-refractivity contribution in [3.63, 3.8) is 0 Å². The van der Waals surface area contributed by atoms with Gasteiger partial charge in [-0.2, -0.15) is 0 Å². The van der Waals surface area contributed by atoms with Gasteiger partial charge in [0.1, 0.15) is 0 Å². The molecule has 2 aromatic carbocycles. The van der Waals surface area contributed by atoms with E-state index in [-0.39, 0.29) is 0 Å². The van der Waals surface area contributed by atoms with Gasteiger partial charge < -0.3 is 19.9 Å². The Morgan fingerprint density at radius 1 is 1.17 bits per heavy atom. The number of hydrogen-bond donors (Lipinski definition) is 1. The predicted octanol–water partition coefficient (Wildman–Crippen LogP) is 3.25. The number of rotatable bonds is 5. The van der Waals surface area contributed by atoms with Crippen LogP contribution >= 0.6 is 0 Å². The van der Waals surface area contributed by atoms with E-state index in [2.05, 4.69) is 63.3 Å². The summed E-state index contributed by atoms with van der Waals surface area (Å²) in [6.45, 7) is 4.23. The van der Waals surface area contributed by atoms with Crippen molar-refractivity contribution in [1.82, 2.24) is 14.9 Å². The SMILES string of the molecule is C#Cc1ccc2nc(Nc3ccc(N4CCOCC4)c(CN(C)C)c3)ncc2c1. The second-order valence-electron chi connectivity index (χ2n) is 7.42. The zero-order chi connectivity index (χ0) is 20.2. The van der Waals surface area contributed by atoms with E-state index in [0.717, 1.165) is 55.0 Å². The smallest absolute Gasteiger partial charge is 0.227 e. The molecule has 0 saturated carbocycles. The van der Waals surface area contributed by atoms with Crippen LogP contribution in [0.15, 0.2) is 42.6 Å². The highest BCUT2D eigenvalue weighted by Crippen LogP contribution is 2.27. The molecule has 148 valence electrons. The van der Waals surface area contributed by atoms with Crippen molar-refractivity contribution in [2.24, 2.45) is 0 Å². The van der Waals surface area contributed by atoms with Gasteiger partial charge in [-0.05, 0) is 56.1 Å². The van der Waals surface area contributed by atoms with Crippen LogP contribution in [0.1, 0.15) is 11.1 Å². The van der Waals surface area contributed by atoms with Gasteiger partial charge in [-0.25, -0.2) is 9.97 Å². The third-order valence-electron chi connectivity index (χ3n) is 4.92. The fourth-order valence-electron chi connectivity index (χ4n) is 3.56. The van der Waals surface area contributed by atoms with Crippen LogP contribution in [-0.2, 0) is 11.3 Å². The summed E-state index contributed by atoms with van der Waals surface area (Å²) in [5.74, 6) is 3.21. The van der Waals surface area contributed by atoms with Gasteiger partial charge in [-0.15, -0.1) is 6.42 Å². The van der Waals surface area contributed by atoms with Gasteiger partial charge in [0.15, 0.2) is 0 Å². The fourth-order valence-corrected chi connectivity index (χ4v) is 3.56. The average molecular weight is 387 g/mol. The molecule has 0 amide bonds. The summed E-state index contributed by atoms with van der Waals surface area (Å²) in [7, 11) is 4.17. The number of fused-ring (bicyclic) bond motifs is 1. The van der Waals surface area contributed by atoms with Crippen LogP contribution in [0.5, 0.6) is 0 Å². The molecule has 6 nitrogen and oxygen atoms in total. The molecule has 1 N–H and O–H groups in total. The summed E-state index contributed by atoms with van der Waals surface area (Å²) in [4.78, 5) is 13.6. The maximum absolute atomic E-state index is 5.50. The third kappa shape index (κ3) is 4.48. The Kier molecular flexibility index (Phi) is 5.61. The molecule has 1 saturated heterocycles. The monoisotopic (exact) mass is 387 g/mol. The maximum atomic E-state index is 5.50. The maximum Gasteiger partial charge on any atom is 0.227 e. The molecule has 2 heterocycles. The third-order valence-corrected chi connectivity index (χ3v) is 4.92. The number of ether oxygens (including phenoxy) is 1. The molecule has 6 heteroatoms. The molecule has 3 aromatic rings. The highest BCUT2D eigenvalue weighted by atomic mass is 16.5. The number of morpholine rings is 1. The van der Waals surface area contributed by atoms with E-state index in [9.17, 15) is 0 Å². The highest BCUT2D eigenvalue weighted by Gasteiger charge is 2.16. The van der Waals surface area contributed by atoms with Crippen molar-refractivity contribution in [3.8, 4) is 12.3 Å². The molecular formula is C23H25N5O. The van der Waals surface area contributed by atoms with E-state index in [0.29, 0.717) is 5.95 Å². The standard InChI is InChI=1S/C23H25N5O/c1-4-17-5-7-21-18(13-17)15-24-23(26-21)25-20-6-8-22(19(14-20)16-27(2)3)28-9-11-29-12-10-28/h1,5-8,13-15H,9-12,16H2,2-3H3,(H,24,25,26). The summed E-state index contributed by atoms with van der Waals surface area (Å²) < 4.78 is 5.50. The molecule has 1 aliphatic rings. The Bertz CT molecular complexity index is 1050. The predicted molar refractivity (Wildman–Crippen MR) is 118 cm³/mol. The lowest BCUT2D eigenvalue weighted by Crippen LogP contribution is -2.37. The number of terminal acetylenes is 1. The second-order valence-corrected chi connectivity index (χ2v) is 7.42. The van der Waals surface area contributed by atoms with E-state index < -0.39 is 0 Å². The number of aromatic nitrogens is 2. The van der Waals surface area contributed by atoms with Crippen molar-refractivity contribution in [2.75, 3.05) is 50.6 Å². The molecule has 29 heavy (non-hydrogen) atoms. The first-order valence-electron chi connectivity index (χ1n) is 9.73. The van der Waals surface area contributed by atoms with Gasteiger partial charge in [0.05, 0.1) is 18.7 Å². The van der Waals surface area contributed by atoms with Crippen molar-refractivity contribution < 1.29 is 4.74 Å². The van der Waals surface area contributed by atoms with E-state index in [1.807, 2.05) is 18.2 Å². The van der Waals surface area contributed by atoms with Crippen LogP contribution in [0, 0.1) is 12.3 Å².